The molecule has 1 N–H and O–H groups in total. The van der Waals surface area contributed by atoms with Crippen molar-refractivity contribution in [1.82, 2.24) is 0 Å². The number of hydrogen-bond acceptors (Lipinski definition) is 7. The van der Waals surface area contributed by atoms with Gasteiger partial charge in [0.05, 0.1) is 12.9 Å². The molecule has 2 aromatic carbocycles. The van der Waals surface area contributed by atoms with Gasteiger partial charge in [0.15, 0.2) is 6.10 Å². The first kappa shape index (κ1) is 23.4. The molecule has 0 saturated carbocycles. The van der Waals surface area contributed by atoms with E-state index >= 15 is 0 Å². The average molecular weight is 434 g/mol. The molecule has 162 valence electrons. The van der Waals surface area contributed by atoms with Crippen LogP contribution in [0.25, 0.3) is 0 Å². The van der Waals surface area contributed by atoms with E-state index in [1.54, 1.807) is 25.1 Å². The minimum atomic E-state index is -3.54. The van der Waals surface area contributed by atoms with Crippen molar-refractivity contribution in [3.05, 3.63) is 71.9 Å². The van der Waals surface area contributed by atoms with Gasteiger partial charge in [-0.05, 0) is 54.9 Å². The van der Waals surface area contributed by atoms with Gasteiger partial charge in [0, 0.05) is 19.2 Å². The third-order valence-electron chi connectivity index (χ3n) is 4.08. The summed E-state index contributed by atoms with van der Waals surface area (Å²) >= 11 is 0. The van der Waals surface area contributed by atoms with Gasteiger partial charge in [-0.2, -0.15) is 8.42 Å². The van der Waals surface area contributed by atoms with Crippen LogP contribution in [-0.2, 0) is 37.2 Å². The van der Waals surface area contributed by atoms with E-state index in [4.69, 9.17) is 13.7 Å². The Morgan fingerprint density at radius 1 is 1.13 bits per heavy atom. The molecule has 0 aliphatic heterocycles. The summed E-state index contributed by atoms with van der Waals surface area (Å²) in [6.45, 7) is 2.08. The number of carbonyl (C=O) groups is 1. The van der Waals surface area contributed by atoms with Crippen LogP contribution in [-0.4, -0.2) is 40.5 Å². The Morgan fingerprint density at radius 2 is 1.87 bits per heavy atom. The summed E-state index contributed by atoms with van der Waals surface area (Å²) in [5.74, 6) is -0.0692. The maximum Gasteiger partial charge on any atom is 0.335 e. The van der Waals surface area contributed by atoms with Crippen molar-refractivity contribution < 1.29 is 26.9 Å². The highest BCUT2D eigenvalue weighted by Gasteiger charge is 2.19. The summed E-state index contributed by atoms with van der Waals surface area (Å²) in [5, 5.41) is 3.17. The second-order valence-electron chi connectivity index (χ2n) is 6.56. The van der Waals surface area contributed by atoms with E-state index < -0.39 is 16.2 Å². The number of benzene rings is 2. The minimum absolute atomic E-state index is 0.295. The van der Waals surface area contributed by atoms with Crippen LogP contribution in [0.5, 0.6) is 5.75 Å². The predicted octanol–water partition coefficient (Wildman–Crippen LogP) is 3.31. The molecular formula is C22H27NO6S. The van der Waals surface area contributed by atoms with Crippen molar-refractivity contribution >= 4 is 21.8 Å². The second-order valence-corrected chi connectivity index (χ2v) is 8.14. The third-order valence-corrected chi connectivity index (χ3v) is 4.57. The van der Waals surface area contributed by atoms with Crippen LogP contribution in [0.2, 0.25) is 0 Å². The molecule has 0 aliphatic rings. The Labute approximate surface area is 177 Å². The number of allylic oxidation sites excluding steroid dienone is 1. The summed E-state index contributed by atoms with van der Waals surface area (Å²) in [6, 6.07) is 14.6. The zero-order valence-corrected chi connectivity index (χ0v) is 18.1. The zero-order chi connectivity index (χ0) is 22.0. The molecule has 0 spiro atoms. The third kappa shape index (κ3) is 8.26. The van der Waals surface area contributed by atoms with Gasteiger partial charge in [0.25, 0.3) is 0 Å². The van der Waals surface area contributed by atoms with E-state index in [1.165, 1.54) is 7.11 Å². The molecule has 0 heterocycles. The van der Waals surface area contributed by atoms with Crippen molar-refractivity contribution in [1.29, 1.82) is 0 Å². The van der Waals surface area contributed by atoms with Crippen molar-refractivity contribution in [2.75, 3.05) is 25.3 Å². The molecule has 2 aromatic rings. The lowest BCUT2D eigenvalue weighted by molar-refractivity contribution is -0.154. The molecule has 0 fully saturated rings. The molecule has 2 rings (SSSR count). The van der Waals surface area contributed by atoms with Crippen LogP contribution >= 0.6 is 0 Å². The number of hydrogen-bond donors (Lipinski definition) is 1. The van der Waals surface area contributed by atoms with Gasteiger partial charge in [-0.3, -0.25) is 0 Å². The molecule has 30 heavy (non-hydrogen) atoms. The molecule has 0 saturated heterocycles. The van der Waals surface area contributed by atoms with Gasteiger partial charge in [0.2, 0.25) is 0 Å². The lowest BCUT2D eigenvalue weighted by Crippen LogP contribution is -2.27. The second kappa shape index (κ2) is 11.4. The Hall–Kier alpha value is -2.84. The lowest BCUT2D eigenvalue weighted by Gasteiger charge is -2.14. The molecule has 8 heteroatoms. The van der Waals surface area contributed by atoms with Crippen LogP contribution in [0.15, 0.2) is 60.8 Å². The highest BCUT2D eigenvalue weighted by molar-refractivity contribution is 7.86. The number of carbonyl (C=O) groups excluding carboxylic acids is 1. The van der Waals surface area contributed by atoms with Crippen molar-refractivity contribution in [3.63, 3.8) is 0 Å². The molecule has 7 nitrogen and oxygen atoms in total. The highest BCUT2D eigenvalue weighted by Crippen LogP contribution is 2.16. The molecule has 0 bridgehead atoms. The Bertz CT molecular complexity index is 954. The summed E-state index contributed by atoms with van der Waals surface area (Å²) in [4.78, 5) is 11.8. The molecule has 0 aliphatic carbocycles. The lowest BCUT2D eigenvalue weighted by atomic mass is 10.1. The monoisotopic (exact) mass is 433 g/mol. The van der Waals surface area contributed by atoms with Gasteiger partial charge < -0.3 is 19.0 Å². The van der Waals surface area contributed by atoms with Gasteiger partial charge >= 0.3 is 16.1 Å². The largest absolute Gasteiger partial charge is 0.464 e. The molecule has 0 unspecified atom stereocenters. The van der Waals surface area contributed by atoms with Crippen LogP contribution in [0.1, 0.15) is 18.1 Å². The van der Waals surface area contributed by atoms with Crippen molar-refractivity contribution in [2.24, 2.45) is 0 Å². The van der Waals surface area contributed by atoms with E-state index in [0.29, 0.717) is 25.2 Å². The first-order chi connectivity index (χ1) is 14.3. The van der Waals surface area contributed by atoms with Crippen LogP contribution in [0.4, 0.5) is 5.69 Å². The summed E-state index contributed by atoms with van der Waals surface area (Å²) in [5.41, 5.74) is 2.79. The van der Waals surface area contributed by atoms with E-state index in [2.05, 4.69) is 5.32 Å². The Morgan fingerprint density at radius 3 is 2.50 bits per heavy atom. The topological polar surface area (TPSA) is 90.9 Å². The van der Waals surface area contributed by atoms with Gasteiger partial charge in [0.1, 0.15) is 5.75 Å². The number of methoxy groups -OCH3 is 1. The Kier molecular flexibility index (Phi) is 8.89. The first-order valence-corrected chi connectivity index (χ1v) is 11.3. The number of esters is 1. The van der Waals surface area contributed by atoms with E-state index in [0.717, 1.165) is 23.1 Å². The van der Waals surface area contributed by atoms with Crippen LogP contribution < -0.4 is 9.50 Å². The molecule has 0 radical (unpaired) electrons. The van der Waals surface area contributed by atoms with Crippen LogP contribution in [0, 0.1) is 0 Å². The fraction of sp³-hybridized carbons (Fsp3) is 0.318. The molecule has 1 atom stereocenters. The standard InChI is InChI=1S/C22H27NO6S/c1-4-28-22(24)21(27-2)16-18-10-12-19(13-11-18)23-14-6-8-17-7-5-9-20(15-17)29-30(3,25)26/h5-7,9-15,21,23H,4,8,16H2,1-3H3/t21-/m0/s1. The first-order valence-electron chi connectivity index (χ1n) is 9.49. The SMILES string of the molecule is CCOC(=O)[C@H](Cc1ccc(NC=CCc2cccc(OS(C)(=O)=O)c2)cc1)OC. The van der Waals surface area contributed by atoms with Gasteiger partial charge in [-0.25, -0.2) is 4.79 Å². The summed E-state index contributed by atoms with van der Waals surface area (Å²) < 4.78 is 37.5. The normalized spacial score (nSPS) is 12.5. The Balaban J connectivity index is 1.87. The van der Waals surface area contributed by atoms with Gasteiger partial charge in [-0.15, -0.1) is 0 Å². The van der Waals surface area contributed by atoms with Crippen molar-refractivity contribution in [3.8, 4) is 5.75 Å². The van der Waals surface area contributed by atoms with E-state index in [-0.39, 0.29) is 5.97 Å². The fourth-order valence-electron chi connectivity index (χ4n) is 2.70. The van der Waals surface area contributed by atoms with Crippen LogP contribution in [0.3, 0.4) is 0 Å². The highest BCUT2D eigenvalue weighted by atomic mass is 32.2. The molecule has 0 aromatic heterocycles. The zero-order valence-electron chi connectivity index (χ0n) is 17.3. The maximum absolute atomic E-state index is 11.8. The average Bonchev–Trinajstić information content (AvgIpc) is 2.69. The number of nitrogens with one attached hydrogen (secondary N) is 1. The van der Waals surface area contributed by atoms with E-state index in [1.807, 2.05) is 42.6 Å². The van der Waals surface area contributed by atoms with Crippen molar-refractivity contribution in [2.45, 2.75) is 25.9 Å². The fourth-order valence-corrected chi connectivity index (χ4v) is 3.15. The smallest absolute Gasteiger partial charge is 0.335 e. The quantitative estimate of drug-likeness (QED) is 0.429. The maximum atomic E-state index is 11.8. The number of anilines is 1. The van der Waals surface area contributed by atoms with E-state index in [9.17, 15) is 13.2 Å². The minimum Gasteiger partial charge on any atom is -0.464 e. The number of rotatable bonds is 11. The predicted molar refractivity (Wildman–Crippen MR) is 116 cm³/mol. The molecule has 0 amide bonds. The summed E-state index contributed by atoms with van der Waals surface area (Å²) in [6.07, 6.45) is 5.19. The van der Waals surface area contributed by atoms with Gasteiger partial charge in [-0.1, -0.05) is 30.3 Å². The summed E-state index contributed by atoms with van der Waals surface area (Å²) in [7, 11) is -2.05. The number of ether oxygens (including phenoxy) is 2. The molecular weight excluding hydrogens is 406 g/mol.